The molecule has 0 atom stereocenters. The SMILES string of the molecule is CN(C(=O)[O-])c1cc2ccccc2c2ccccc12. The molecule has 0 aliphatic rings. The van der Waals surface area contributed by atoms with Crippen molar-refractivity contribution < 1.29 is 9.90 Å². The Morgan fingerprint density at radius 1 is 0.947 bits per heavy atom. The van der Waals surface area contributed by atoms with Gasteiger partial charge in [0.25, 0.3) is 0 Å². The minimum absolute atomic E-state index is 0.648. The smallest absolute Gasteiger partial charge is 0.141 e. The second kappa shape index (κ2) is 4.28. The summed E-state index contributed by atoms with van der Waals surface area (Å²) in [5, 5.41) is 15.2. The summed E-state index contributed by atoms with van der Waals surface area (Å²) in [7, 11) is 1.51. The van der Waals surface area contributed by atoms with Gasteiger partial charge in [0, 0.05) is 12.4 Å². The van der Waals surface area contributed by atoms with E-state index < -0.39 is 6.09 Å². The van der Waals surface area contributed by atoms with Crippen LogP contribution in [0, 0.1) is 0 Å². The van der Waals surface area contributed by atoms with Crippen molar-refractivity contribution in [3.05, 3.63) is 54.6 Å². The van der Waals surface area contributed by atoms with Gasteiger partial charge in [-0.25, -0.2) is 0 Å². The summed E-state index contributed by atoms with van der Waals surface area (Å²) in [6, 6.07) is 17.6. The molecule has 3 rings (SSSR count). The first-order valence-electron chi connectivity index (χ1n) is 6.03. The topological polar surface area (TPSA) is 43.4 Å². The summed E-state index contributed by atoms with van der Waals surface area (Å²) in [4.78, 5) is 12.2. The molecule has 19 heavy (non-hydrogen) atoms. The second-order valence-electron chi connectivity index (χ2n) is 4.49. The van der Waals surface area contributed by atoms with E-state index in [4.69, 9.17) is 0 Å². The Balaban J connectivity index is 2.45. The summed E-state index contributed by atoms with van der Waals surface area (Å²) >= 11 is 0. The normalized spacial score (nSPS) is 10.8. The number of nitrogens with zero attached hydrogens (tertiary/aromatic N) is 1. The Morgan fingerprint density at radius 3 is 2.21 bits per heavy atom. The molecule has 0 saturated carbocycles. The minimum Gasteiger partial charge on any atom is -0.530 e. The highest BCUT2D eigenvalue weighted by atomic mass is 16.4. The predicted octanol–water partition coefficient (Wildman–Crippen LogP) is 2.77. The number of amides is 1. The van der Waals surface area contributed by atoms with E-state index in [1.165, 1.54) is 7.05 Å². The molecule has 0 heterocycles. The van der Waals surface area contributed by atoms with Crippen LogP contribution in [-0.4, -0.2) is 13.1 Å². The van der Waals surface area contributed by atoms with Crippen molar-refractivity contribution in [2.75, 3.05) is 11.9 Å². The average Bonchev–Trinajstić information content (AvgIpc) is 2.45. The number of carbonyl (C=O) groups is 1. The Labute approximate surface area is 110 Å². The largest absolute Gasteiger partial charge is 0.530 e. The number of hydrogen-bond donors (Lipinski definition) is 0. The van der Waals surface area contributed by atoms with Gasteiger partial charge in [0.15, 0.2) is 0 Å². The van der Waals surface area contributed by atoms with Crippen molar-refractivity contribution in [2.45, 2.75) is 0 Å². The molecule has 3 heteroatoms. The van der Waals surface area contributed by atoms with Crippen LogP contribution in [0.4, 0.5) is 10.5 Å². The summed E-state index contributed by atoms with van der Waals surface area (Å²) in [5.41, 5.74) is 0.648. The molecule has 0 N–H and O–H groups in total. The maximum absolute atomic E-state index is 11.1. The molecule has 0 unspecified atom stereocenters. The number of carbonyl (C=O) groups excluding carboxylic acids is 1. The number of hydrogen-bond acceptors (Lipinski definition) is 2. The van der Waals surface area contributed by atoms with Crippen molar-refractivity contribution in [1.82, 2.24) is 0 Å². The Bertz CT molecular complexity index is 780. The third kappa shape index (κ3) is 1.80. The minimum atomic E-state index is -1.21. The fraction of sp³-hybridized carbons (Fsp3) is 0.0625. The number of anilines is 1. The highest BCUT2D eigenvalue weighted by Gasteiger charge is 2.09. The lowest BCUT2D eigenvalue weighted by molar-refractivity contribution is -0.246. The second-order valence-corrected chi connectivity index (χ2v) is 4.49. The molecule has 3 aromatic carbocycles. The van der Waals surface area contributed by atoms with Crippen LogP contribution in [0.5, 0.6) is 0 Å². The zero-order valence-electron chi connectivity index (χ0n) is 10.5. The molecule has 94 valence electrons. The van der Waals surface area contributed by atoms with Crippen LogP contribution in [0.1, 0.15) is 0 Å². The van der Waals surface area contributed by atoms with Gasteiger partial charge in [0.2, 0.25) is 0 Å². The fourth-order valence-electron chi connectivity index (χ4n) is 2.41. The first-order valence-corrected chi connectivity index (χ1v) is 6.03. The van der Waals surface area contributed by atoms with Gasteiger partial charge < -0.3 is 14.8 Å². The van der Waals surface area contributed by atoms with Gasteiger partial charge >= 0.3 is 0 Å². The van der Waals surface area contributed by atoms with Crippen LogP contribution in [0.3, 0.4) is 0 Å². The van der Waals surface area contributed by atoms with Crippen LogP contribution in [0.2, 0.25) is 0 Å². The van der Waals surface area contributed by atoms with Gasteiger partial charge in [0.1, 0.15) is 6.09 Å². The summed E-state index contributed by atoms with van der Waals surface area (Å²) in [5.74, 6) is 0. The molecule has 0 fully saturated rings. The maximum atomic E-state index is 11.1. The lowest BCUT2D eigenvalue weighted by atomic mass is 10.00. The predicted molar refractivity (Wildman–Crippen MR) is 75.3 cm³/mol. The van der Waals surface area contributed by atoms with E-state index in [2.05, 4.69) is 0 Å². The van der Waals surface area contributed by atoms with Crippen LogP contribution < -0.4 is 10.0 Å². The van der Waals surface area contributed by atoms with Crippen LogP contribution in [0.25, 0.3) is 21.5 Å². The summed E-state index contributed by atoms with van der Waals surface area (Å²) < 4.78 is 0. The Kier molecular flexibility index (Phi) is 2.60. The first-order chi connectivity index (χ1) is 9.18. The van der Waals surface area contributed by atoms with Crippen LogP contribution in [0.15, 0.2) is 54.6 Å². The standard InChI is InChI=1S/C16H13NO2/c1-17(16(18)19)15-10-11-6-2-3-7-12(11)13-8-4-5-9-14(13)15/h2-10H,1H3,(H,18,19)/p-1. The van der Waals surface area contributed by atoms with Crippen molar-refractivity contribution in [2.24, 2.45) is 0 Å². The molecule has 3 aromatic rings. The summed E-state index contributed by atoms with van der Waals surface area (Å²) in [6.07, 6.45) is -1.21. The zero-order chi connectivity index (χ0) is 13.4. The molecular weight excluding hydrogens is 238 g/mol. The van der Waals surface area contributed by atoms with Crippen molar-refractivity contribution in [3.8, 4) is 0 Å². The van der Waals surface area contributed by atoms with E-state index in [9.17, 15) is 9.90 Å². The maximum Gasteiger partial charge on any atom is 0.141 e. The van der Waals surface area contributed by atoms with Crippen molar-refractivity contribution in [3.63, 3.8) is 0 Å². The van der Waals surface area contributed by atoms with Gasteiger partial charge in [-0.3, -0.25) is 0 Å². The number of benzene rings is 3. The Hall–Kier alpha value is -2.55. The molecule has 3 nitrogen and oxygen atoms in total. The van der Waals surface area contributed by atoms with Crippen molar-refractivity contribution >= 4 is 33.3 Å². The van der Waals surface area contributed by atoms with Crippen molar-refractivity contribution in [1.29, 1.82) is 0 Å². The van der Waals surface area contributed by atoms with E-state index >= 15 is 0 Å². The van der Waals surface area contributed by atoms with Crippen LogP contribution >= 0.6 is 0 Å². The molecule has 0 spiro atoms. The Morgan fingerprint density at radius 2 is 1.53 bits per heavy atom. The van der Waals surface area contributed by atoms with Gasteiger partial charge in [-0.2, -0.15) is 0 Å². The average molecular weight is 250 g/mol. The molecule has 0 aliphatic heterocycles. The van der Waals surface area contributed by atoms with E-state index in [0.717, 1.165) is 26.4 Å². The molecule has 0 aliphatic carbocycles. The third-order valence-corrected chi connectivity index (χ3v) is 3.38. The zero-order valence-corrected chi connectivity index (χ0v) is 10.5. The molecule has 0 bridgehead atoms. The quantitative estimate of drug-likeness (QED) is 0.623. The lowest BCUT2D eigenvalue weighted by Crippen LogP contribution is -2.38. The van der Waals surface area contributed by atoms with Crippen LogP contribution in [-0.2, 0) is 0 Å². The molecule has 0 saturated heterocycles. The molecular formula is C16H12NO2-. The van der Waals surface area contributed by atoms with Gasteiger partial charge in [0.05, 0.1) is 5.69 Å². The fourth-order valence-corrected chi connectivity index (χ4v) is 2.41. The van der Waals surface area contributed by atoms with Gasteiger partial charge in [-0.05, 0) is 22.2 Å². The monoisotopic (exact) mass is 250 g/mol. The molecule has 0 radical (unpaired) electrons. The van der Waals surface area contributed by atoms with E-state index in [0.29, 0.717) is 5.69 Å². The number of fused-ring (bicyclic) bond motifs is 3. The van der Waals surface area contributed by atoms with E-state index in [1.807, 2.05) is 54.6 Å². The van der Waals surface area contributed by atoms with E-state index in [1.54, 1.807) is 0 Å². The molecule has 1 amide bonds. The number of carboxylic acid groups (broad SMARTS) is 1. The van der Waals surface area contributed by atoms with Gasteiger partial charge in [-0.15, -0.1) is 0 Å². The van der Waals surface area contributed by atoms with Gasteiger partial charge in [-0.1, -0.05) is 48.5 Å². The number of rotatable bonds is 1. The molecule has 0 aromatic heterocycles. The summed E-state index contributed by atoms with van der Waals surface area (Å²) in [6.45, 7) is 0. The highest BCUT2D eigenvalue weighted by molar-refractivity contribution is 6.14. The lowest BCUT2D eigenvalue weighted by Gasteiger charge is -2.22. The van der Waals surface area contributed by atoms with E-state index in [-0.39, 0.29) is 0 Å². The third-order valence-electron chi connectivity index (χ3n) is 3.38. The highest BCUT2D eigenvalue weighted by Crippen LogP contribution is 2.33. The first kappa shape index (κ1) is 11.5.